The summed E-state index contributed by atoms with van der Waals surface area (Å²) in [4.78, 5) is 13.7. The third kappa shape index (κ3) is 3.44. The van der Waals surface area contributed by atoms with Gasteiger partial charge in [0.1, 0.15) is 5.82 Å². The Kier molecular flexibility index (Phi) is 4.37. The van der Waals surface area contributed by atoms with E-state index in [1.54, 1.807) is 6.92 Å². The summed E-state index contributed by atoms with van der Waals surface area (Å²) in [6.45, 7) is 7.45. The predicted octanol–water partition coefficient (Wildman–Crippen LogP) is 2.20. The van der Waals surface area contributed by atoms with E-state index in [2.05, 4.69) is 0 Å². The van der Waals surface area contributed by atoms with E-state index in [4.69, 9.17) is 15.2 Å². The predicted molar refractivity (Wildman–Crippen MR) is 79.0 cm³/mol. The molecule has 1 aliphatic rings. The number of nitrogens with zero attached hydrogens (tertiary/aromatic N) is 1. The van der Waals surface area contributed by atoms with Crippen LogP contribution in [0.3, 0.4) is 0 Å². The molecule has 0 unspecified atom stereocenters. The standard InChI is InChI=1S/C15H21FN2O3/c1-4-20-14(19)10-7-13(11(16)8-12(10)17)18-5-6-21-15(2,3)9-18/h7-8H,4-6,9,17H2,1-3H3. The number of rotatable bonds is 3. The number of nitrogen functional groups attached to an aromatic ring is 1. The Balaban J connectivity index is 2.35. The van der Waals surface area contributed by atoms with Crippen molar-refractivity contribution < 1.29 is 18.7 Å². The molecule has 1 heterocycles. The molecule has 0 spiro atoms. The topological polar surface area (TPSA) is 64.8 Å². The van der Waals surface area contributed by atoms with Gasteiger partial charge >= 0.3 is 5.97 Å². The van der Waals surface area contributed by atoms with Crippen molar-refractivity contribution >= 4 is 17.3 Å². The lowest BCUT2D eigenvalue weighted by atomic mass is 10.1. The van der Waals surface area contributed by atoms with E-state index in [1.165, 1.54) is 12.1 Å². The minimum absolute atomic E-state index is 0.0854. The van der Waals surface area contributed by atoms with Crippen molar-refractivity contribution in [1.82, 2.24) is 0 Å². The third-order valence-corrected chi connectivity index (χ3v) is 3.38. The van der Waals surface area contributed by atoms with Gasteiger partial charge in [-0.2, -0.15) is 0 Å². The van der Waals surface area contributed by atoms with Gasteiger partial charge in [-0.3, -0.25) is 0 Å². The first-order valence-electron chi connectivity index (χ1n) is 6.99. The molecule has 0 amide bonds. The molecule has 0 aromatic heterocycles. The highest BCUT2D eigenvalue weighted by atomic mass is 19.1. The van der Waals surface area contributed by atoms with Crippen LogP contribution in [0.15, 0.2) is 12.1 Å². The van der Waals surface area contributed by atoms with E-state index in [0.29, 0.717) is 25.4 Å². The molecular formula is C15H21FN2O3. The second kappa shape index (κ2) is 5.89. The van der Waals surface area contributed by atoms with Gasteiger partial charge in [0.15, 0.2) is 0 Å². The van der Waals surface area contributed by atoms with Crippen LogP contribution < -0.4 is 10.6 Å². The molecule has 1 fully saturated rings. The molecule has 1 saturated heterocycles. The number of nitrogens with two attached hydrogens (primary N) is 1. The molecule has 1 aromatic rings. The lowest BCUT2D eigenvalue weighted by Gasteiger charge is -2.39. The first kappa shape index (κ1) is 15.6. The minimum Gasteiger partial charge on any atom is -0.462 e. The SMILES string of the molecule is CCOC(=O)c1cc(N2CCOC(C)(C)C2)c(F)cc1N. The molecule has 116 valence electrons. The summed E-state index contributed by atoms with van der Waals surface area (Å²) in [6, 6.07) is 2.63. The number of halogens is 1. The molecule has 1 aliphatic heterocycles. The zero-order valence-corrected chi connectivity index (χ0v) is 12.6. The van der Waals surface area contributed by atoms with Crippen molar-refractivity contribution in [1.29, 1.82) is 0 Å². The first-order valence-corrected chi connectivity index (χ1v) is 6.99. The molecule has 5 nitrogen and oxygen atoms in total. The van der Waals surface area contributed by atoms with Crippen LogP contribution in [0.5, 0.6) is 0 Å². The molecule has 6 heteroatoms. The van der Waals surface area contributed by atoms with Gasteiger partial charge in [0.05, 0.1) is 30.1 Å². The number of esters is 1. The van der Waals surface area contributed by atoms with Crippen LogP contribution >= 0.6 is 0 Å². The Morgan fingerprint density at radius 1 is 1.52 bits per heavy atom. The number of anilines is 2. The molecule has 21 heavy (non-hydrogen) atoms. The summed E-state index contributed by atoms with van der Waals surface area (Å²) in [7, 11) is 0. The number of benzene rings is 1. The molecule has 0 radical (unpaired) electrons. The normalized spacial score (nSPS) is 17.6. The van der Waals surface area contributed by atoms with E-state index < -0.39 is 11.8 Å². The summed E-state index contributed by atoms with van der Waals surface area (Å²) in [5.41, 5.74) is 5.98. The quantitative estimate of drug-likeness (QED) is 0.684. The van der Waals surface area contributed by atoms with E-state index in [0.717, 1.165) is 0 Å². The highest BCUT2D eigenvalue weighted by molar-refractivity contribution is 5.96. The molecule has 2 N–H and O–H groups in total. The Labute approximate surface area is 123 Å². The number of hydrogen-bond acceptors (Lipinski definition) is 5. The first-order chi connectivity index (χ1) is 9.84. The number of carbonyl (C=O) groups excluding carboxylic acids is 1. The molecule has 0 saturated carbocycles. The third-order valence-electron chi connectivity index (χ3n) is 3.38. The van der Waals surface area contributed by atoms with Crippen molar-refractivity contribution in [3.05, 3.63) is 23.5 Å². The van der Waals surface area contributed by atoms with Crippen LogP contribution in [0.4, 0.5) is 15.8 Å². The second-order valence-corrected chi connectivity index (χ2v) is 5.64. The van der Waals surface area contributed by atoms with Crippen molar-refractivity contribution in [2.24, 2.45) is 0 Å². The van der Waals surface area contributed by atoms with Crippen molar-refractivity contribution in [2.75, 3.05) is 36.9 Å². The van der Waals surface area contributed by atoms with Crippen LogP contribution in [-0.4, -0.2) is 37.9 Å². The maximum absolute atomic E-state index is 14.2. The van der Waals surface area contributed by atoms with Crippen molar-refractivity contribution in [3.63, 3.8) is 0 Å². The Hall–Kier alpha value is -1.82. The van der Waals surface area contributed by atoms with Crippen LogP contribution in [0, 0.1) is 5.82 Å². The molecule has 2 rings (SSSR count). The smallest absolute Gasteiger partial charge is 0.340 e. The summed E-state index contributed by atoms with van der Waals surface area (Å²) in [5, 5.41) is 0. The fourth-order valence-corrected chi connectivity index (χ4v) is 2.43. The zero-order valence-electron chi connectivity index (χ0n) is 12.6. The van der Waals surface area contributed by atoms with Gasteiger partial charge in [0.2, 0.25) is 0 Å². The van der Waals surface area contributed by atoms with Gasteiger partial charge in [0, 0.05) is 18.8 Å². The van der Waals surface area contributed by atoms with Gasteiger partial charge in [-0.05, 0) is 32.9 Å². The lowest BCUT2D eigenvalue weighted by molar-refractivity contribution is -0.0278. The second-order valence-electron chi connectivity index (χ2n) is 5.64. The minimum atomic E-state index is -0.538. The van der Waals surface area contributed by atoms with Crippen LogP contribution in [0.25, 0.3) is 0 Å². The van der Waals surface area contributed by atoms with Crippen LogP contribution in [-0.2, 0) is 9.47 Å². The fourth-order valence-electron chi connectivity index (χ4n) is 2.43. The van der Waals surface area contributed by atoms with E-state index in [1.807, 2.05) is 18.7 Å². The van der Waals surface area contributed by atoms with E-state index in [-0.39, 0.29) is 23.5 Å². The molecular weight excluding hydrogens is 275 g/mol. The zero-order chi connectivity index (χ0) is 15.6. The molecule has 0 aliphatic carbocycles. The Morgan fingerprint density at radius 3 is 2.86 bits per heavy atom. The number of morpholine rings is 1. The summed E-state index contributed by atoms with van der Waals surface area (Å²) in [6.07, 6.45) is 0. The van der Waals surface area contributed by atoms with Gasteiger partial charge < -0.3 is 20.1 Å². The number of ether oxygens (including phenoxy) is 2. The van der Waals surface area contributed by atoms with Crippen LogP contribution in [0.2, 0.25) is 0 Å². The van der Waals surface area contributed by atoms with Crippen molar-refractivity contribution in [2.45, 2.75) is 26.4 Å². The number of hydrogen-bond donors (Lipinski definition) is 1. The Morgan fingerprint density at radius 2 is 2.24 bits per heavy atom. The van der Waals surface area contributed by atoms with Gasteiger partial charge in [-0.15, -0.1) is 0 Å². The maximum atomic E-state index is 14.2. The lowest BCUT2D eigenvalue weighted by Crippen LogP contribution is -2.48. The molecule has 0 bridgehead atoms. The largest absolute Gasteiger partial charge is 0.462 e. The molecule has 1 aromatic carbocycles. The monoisotopic (exact) mass is 296 g/mol. The summed E-state index contributed by atoms with van der Waals surface area (Å²) < 4.78 is 24.8. The van der Waals surface area contributed by atoms with Crippen LogP contribution in [0.1, 0.15) is 31.1 Å². The highest BCUT2D eigenvalue weighted by Crippen LogP contribution is 2.29. The van der Waals surface area contributed by atoms with Crippen molar-refractivity contribution in [3.8, 4) is 0 Å². The summed E-state index contributed by atoms with van der Waals surface area (Å²) >= 11 is 0. The van der Waals surface area contributed by atoms with E-state index in [9.17, 15) is 9.18 Å². The van der Waals surface area contributed by atoms with Gasteiger partial charge in [0.25, 0.3) is 0 Å². The fraction of sp³-hybridized carbons (Fsp3) is 0.533. The molecule has 0 atom stereocenters. The number of carbonyl (C=O) groups is 1. The maximum Gasteiger partial charge on any atom is 0.340 e. The highest BCUT2D eigenvalue weighted by Gasteiger charge is 2.29. The van der Waals surface area contributed by atoms with Gasteiger partial charge in [-0.1, -0.05) is 0 Å². The average molecular weight is 296 g/mol. The van der Waals surface area contributed by atoms with Gasteiger partial charge in [-0.25, -0.2) is 9.18 Å². The summed E-state index contributed by atoms with van der Waals surface area (Å²) in [5.74, 6) is -0.984. The average Bonchev–Trinajstić information content (AvgIpc) is 2.37. The van der Waals surface area contributed by atoms with E-state index >= 15 is 0 Å². The Bertz CT molecular complexity index is 546.